The summed E-state index contributed by atoms with van der Waals surface area (Å²) in [7, 11) is 0. The molecule has 104 valence electrons. The Morgan fingerprint density at radius 3 is 2.79 bits per heavy atom. The van der Waals surface area contributed by atoms with Crippen molar-refractivity contribution in [3.05, 3.63) is 35.6 Å². The molecule has 0 radical (unpaired) electrons. The minimum atomic E-state index is -0.718. The standard InChI is InChI=1S/C15H20FNO2/c1-11(13-3-5-14(16)6-4-13)17-9-8-12(10-17)2-7-15(18)19/h3-6,11-12H,2,7-10H2,1H3,(H,18,19). The van der Waals surface area contributed by atoms with Gasteiger partial charge in [0.15, 0.2) is 0 Å². The van der Waals surface area contributed by atoms with Gasteiger partial charge in [0.1, 0.15) is 5.82 Å². The van der Waals surface area contributed by atoms with Crippen molar-refractivity contribution in [2.24, 2.45) is 5.92 Å². The molecular weight excluding hydrogens is 245 g/mol. The van der Waals surface area contributed by atoms with Crippen LogP contribution in [0.3, 0.4) is 0 Å². The number of nitrogens with zero attached hydrogens (tertiary/aromatic N) is 1. The van der Waals surface area contributed by atoms with Gasteiger partial charge in [-0.15, -0.1) is 0 Å². The molecule has 1 aromatic carbocycles. The van der Waals surface area contributed by atoms with Gasteiger partial charge in [-0.1, -0.05) is 12.1 Å². The summed E-state index contributed by atoms with van der Waals surface area (Å²) in [5.41, 5.74) is 1.11. The Morgan fingerprint density at radius 2 is 2.16 bits per heavy atom. The van der Waals surface area contributed by atoms with Gasteiger partial charge in [-0.25, -0.2) is 4.39 Å². The molecule has 2 rings (SSSR count). The Bertz CT molecular complexity index is 432. The molecule has 2 unspecified atom stereocenters. The van der Waals surface area contributed by atoms with Crippen molar-refractivity contribution < 1.29 is 14.3 Å². The van der Waals surface area contributed by atoms with E-state index < -0.39 is 5.97 Å². The van der Waals surface area contributed by atoms with Crippen LogP contribution in [-0.2, 0) is 4.79 Å². The SMILES string of the molecule is CC(c1ccc(F)cc1)N1CCC(CCC(=O)O)C1. The molecule has 0 saturated carbocycles. The third-order valence-electron chi connectivity index (χ3n) is 3.98. The molecule has 1 saturated heterocycles. The number of benzene rings is 1. The zero-order valence-electron chi connectivity index (χ0n) is 11.2. The van der Waals surface area contributed by atoms with Crippen LogP contribution < -0.4 is 0 Å². The van der Waals surface area contributed by atoms with Gasteiger partial charge in [-0.05, 0) is 49.9 Å². The molecule has 0 amide bonds. The predicted molar refractivity (Wildman–Crippen MR) is 71.4 cm³/mol. The number of halogens is 1. The zero-order chi connectivity index (χ0) is 13.8. The molecule has 3 nitrogen and oxygen atoms in total. The first-order valence-electron chi connectivity index (χ1n) is 6.77. The summed E-state index contributed by atoms with van der Waals surface area (Å²) in [5, 5.41) is 8.70. The van der Waals surface area contributed by atoms with E-state index in [0.29, 0.717) is 5.92 Å². The largest absolute Gasteiger partial charge is 0.481 e. The van der Waals surface area contributed by atoms with Crippen LogP contribution in [-0.4, -0.2) is 29.1 Å². The molecule has 1 N–H and O–H groups in total. The summed E-state index contributed by atoms with van der Waals surface area (Å²) in [6.07, 6.45) is 2.06. The van der Waals surface area contributed by atoms with E-state index in [4.69, 9.17) is 5.11 Å². The summed E-state index contributed by atoms with van der Waals surface area (Å²) in [4.78, 5) is 12.9. The van der Waals surface area contributed by atoms with Gasteiger partial charge in [0.25, 0.3) is 0 Å². The number of rotatable bonds is 5. The quantitative estimate of drug-likeness (QED) is 0.889. The van der Waals surface area contributed by atoms with Crippen LogP contribution in [0.5, 0.6) is 0 Å². The fourth-order valence-corrected chi connectivity index (χ4v) is 2.73. The number of carbonyl (C=O) groups is 1. The maximum atomic E-state index is 12.9. The highest BCUT2D eigenvalue weighted by molar-refractivity contribution is 5.66. The lowest BCUT2D eigenvalue weighted by molar-refractivity contribution is -0.137. The van der Waals surface area contributed by atoms with Gasteiger partial charge in [0, 0.05) is 19.0 Å². The Hall–Kier alpha value is -1.42. The number of aliphatic carboxylic acids is 1. The highest BCUT2D eigenvalue weighted by Crippen LogP contribution is 2.29. The van der Waals surface area contributed by atoms with Crippen LogP contribution >= 0.6 is 0 Å². The molecule has 1 aliphatic heterocycles. The van der Waals surface area contributed by atoms with Crippen LogP contribution in [0.1, 0.15) is 37.8 Å². The van der Waals surface area contributed by atoms with Crippen molar-refractivity contribution in [1.29, 1.82) is 0 Å². The minimum Gasteiger partial charge on any atom is -0.481 e. The smallest absolute Gasteiger partial charge is 0.303 e. The molecule has 1 aromatic rings. The number of likely N-dealkylation sites (tertiary alicyclic amines) is 1. The van der Waals surface area contributed by atoms with Crippen molar-refractivity contribution in [2.45, 2.75) is 32.2 Å². The number of hydrogen-bond donors (Lipinski definition) is 1. The zero-order valence-corrected chi connectivity index (χ0v) is 11.2. The summed E-state index contributed by atoms with van der Waals surface area (Å²) in [6.45, 7) is 4.04. The van der Waals surface area contributed by atoms with Gasteiger partial charge in [0.05, 0.1) is 0 Å². The lowest BCUT2D eigenvalue weighted by Gasteiger charge is -2.24. The fraction of sp³-hybridized carbons (Fsp3) is 0.533. The maximum absolute atomic E-state index is 12.9. The molecule has 0 aliphatic carbocycles. The first-order valence-corrected chi connectivity index (χ1v) is 6.77. The fourth-order valence-electron chi connectivity index (χ4n) is 2.73. The van der Waals surface area contributed by atoms with Gasteiger partial charge < -0.3 is 5.11 Å². The summed E-state index contributed by atoms with van der Waals surface area (Å²) >= 11 is 0. The highest BCUT2D eigenvalue weighted by atomic mass is 19.1. The van der Waals surface area contributed by atoms with E-state index in [2.05, 4.69) is 11.8 Å². The number of carboxylic acid groups (broad SMARTS) is 1. The van der Waals surface area contributed by atoms with Crippen molar-refractivity contribution in [3.8, 4) is 0 Å². The first-order chi connectivity index (χ1) is 9.06. The molecule has 2 atom stereocenters. The van der Waals surface area contributed by atoms with E-state index in [1.807, 2.05) is 12.1 Å². The molecule has 1 heterocycles. The number of carboxylic acids is 1. The Labute approximate surface area is 113 Å². The van der Waals surface area contributed by atoms with E-state index in [1.54, 1.807) is 0 Å². The number of hydrogen-bond acceptors (Lipinski definition) is 2. The molecule has 0 bridgehead atoms. The van der Waals surface area contributed by atoms with Gasteiger partial charge in [0.2, 0.25) is 0 Å². The summed E-state index contributed by atoms with van der Waals surface area (Å²) < 4.78 is 12.9. The average Bonchev–Trinajstić information content (AvgIpc) is 2.85. The predicted octanol–water partition coefficient (Wildman–Crippen LogP) is 3.07. The van der Waals surface area contributed by atoms with Gasteiger partial charge in [-0.3, -0.25) is 9.69 Å². The van der Waals surface area contributed by atoms with Crippen molar-refractivity contribution in [1.82, 2.24) is 4.90 Å². The van der Waals surface area contributed by atoms with E-state index in [1.165, 1.54) is 12.1 Å². The van der Waals surface area contributed by atoms with Crippen LogP contribution in [0.25, 0.3) is 0 Å². The third kappa shape index (κ3) is 3.77. The molecular formula is C15H20FNO2. The monoisotopic (exact) mass is 265 g/mol. The van der Waals surface area contributed by atoms with Crippen molar-refractivity contribution in [3.63, 3.8) is 0 Å². The summed E-state index contributed by atoms with van der Waals surface area (Å²) in [6, 6.07) is 6.89. The second kappa shape index (κ2) is 6.15. The topological polar surface area (TPSA) is 40.5 Å². The lowest BCUT2D eigenvalue weighted by Crippen LogP contribution is -2.24. The third-order valence-corrected chi connectivity index (χ3v) is 3.98. The van der Waals surface area contributed by atoms with Crippen LogP contribution in [0.4, 0.5) is 4.39 Å². The molecule has 1 fully saturated rings. The maximum Gasteiger partial charge on any atom is 0.303 e. The first kappa shape index (κ1) is 14.0. The van der Waals surface area contributed by atoms with Crippen molar-refractivity contribution >= 4 is 5.97 Å². The Balaban J connectivity index is 1.89. The van der Waals surface area contributed by atoms with E-state index >= 15 is 0 Å². The average molecular weight is 265 g/mol. The van der Waals surface area contributed by atoms with Crippen LogP contribution in [0, 0.1) is 11.7 Å². The second-order valence-corrected chi connectivity index (χ2v) is 5.31. The lowest BCUT2D eigenvalue weighted by atomic mass is 10.0. The van der Waals surface area contributed by atoms with Gasteiger partial charge in [-0.2, -0.15) is 0 Å². The second-order valence-electron chi connectivity index (χ2n) is 5.31. The normalized spacial score (nSPS) is 21.5. The molecule has 0 spiro atoms. The summed E-state index contributed by atoms with van der Waals surface area (Å²) in [5.74, 6) is -0.458. The molecule has 4 heteroatoms. The van der Waals surface area contributed by atoms with Crippen LogP contribution in [0.15, 0.2) is 24.3 Å². The highest BCUT2D eigenvalue weighted by Gasteiger charge is 2.26. The van der Waals surface area contributed by atoms with Gasteiger partial charge >= 0.3 is 5.97 Å². The Kier molecular flexibility index (Phi) is 4.53. The van der Waals surface area contributed by atoms with E-state index in [0.717, 1.165) is 31.5 Å². The van der Waals surface area contributed by atoms with E-state index in [9.17, 15) is 9.18 Å². The molecule has 1 aliphatic rings. The molecule has 19 heavy (non-hydrogen) atoms. The van der Waals surface area contributed by atoms with Crippen molar-refractivity contribution in [2.75, 3.05) is 13.1 Å². The molecule has 0 aromatic heterocycles. The minimum absolute atomic E-state index is 0.211. The van der Waals surface area contributed by atoms with E-state index in [-0.39, 0.29) is 18.3 Å². The van der Waals surface area contributed by atoms with Crippen LogP contribution in [0.2, 0.25) is 0 Å². The Morgan fingerprint density at radius 1 is 1.47 bits per heavy atom.